The van der Waals surface area contributed by atoms with Crippen molar-refractivity contribution in [3.05, 3.63) is 65.3 Å². The second kappa shape index (κ2) is 6.58. The Labute approximate surface area is 124 Å². The molecule has 0 aliphatic heterocycles. The third-order valence-corrected chi connectivity index (χ3v) is 3.46. The summed E-state index contributed by atoms with van der Waals surface area (Å²) in [5.41, 5.74) is 0.646. The molecule has 2 aromatic rings. The number of halogens is 3. The zero-order valence-electron chi connectivity index (χ0n) is 10.8. The minimum Gasteiger partial charge on any atom is -0.264 e. The number of rotatable bonds is 4. The van der Waals surface area contributed by atoms with Crippen molar-refractivity contribution in [1.29, 1.82) is 0 Å². The number of benzene rings is 1. The lowest BCUT2D eigenvalue weighted by Gasteiger charge is -2.07. The van der Waals surface area contributed by atoms with Gasteiger partial charge in [-0.05, 0) is 37.0 Å². The molecule has 1 aromatic heterocycles. The number of aromatic nitrogens is 1. The van der Waals surface area contributed by atoms with Gasteiger partial charge in [0, 0.05) is 28.3 Å². The zero-order chi connectivity index (χ0) is 15.3. The summed E-state index contributed by atoms with van der Waals surface area (Å²) in [4.78, 5) is 8.32. The smallest absolute Gasteiger partial charge is 0.264 e. The Balaban J connectivity index is 2.22. The van der Waals surface area contributed by atoms with Crippen LogP contribution in [0.3, 0.4) is 0 Å². The van der Waals surface area contributed by atoms with E-state index in [2.05, 4.69) is 16.7 Å². The first-order chi connectivity index (χ1) is 10.0. The van der Waals surface area contributed by atoms with Crippen molar-refractivity contribution < 1.29 is 13.2 Å². The van der Waals surface area contributed by atoms with Crippen molar-refractivity contribution in [2.75, 3.05) is 0 Å². The molecule has 0 unspecified atom stereocenters. The van der Waals surface area contributed by atoms with Crippen molar-refractivity contribution in [3.8, 4) is 0 Å². The van der Waals surface area contributed by atoms with Crippen molar-refractivity contribution in [2.24, 2.45) is 4.99 Å². The number of hydrogen-bond acceptors (Lipinski definition) is 3. The first-order valence-corrected chi connectivity index (χ1v) is 6.80. The van der Waals surface area contributed by atoms with Gasteiger partial charge in [0.15, 0.2) is 0 Å². The number of hydrogen-bond donors (Lipinski definition) is 0. The van der Waals surface area contributed by atoms with Gasteiger partial charge in [-0.15, -0.1) is 0 Å². The Morgan fingerprint density at radius 2 is 2.05 bits per heavy atom. The van der Waals surface area contributed by atoms with Gasteiger partial charge >= 0.3 is 6.18 Å². The van der Waals surface area contributed by atoms with E-state index in [9.17, 15) is 13.2 Å². The van der Waals surface area contributed by atoms with E-state index in [1.165, 1.54) is 6.07 Å². The largest absolute Gasteiger partial charge is 0.416 e. The highest BCUT2D eigenvalue weighted by atomic mass is 32.2. The van der Waals surface area contributed by atoms with E-state index in [0.29, 0.717) is 10.6 Å². The molecule has 0 fully saturated rings. The monoisotopic (exact) mass is 308 g/mol. The second-order valence-electron chi connectivity index (χ2n) is 4.05. The Bertz CT molecular complexity index is 651. The molecule has 0 spiro atoms. The molecule has 6 heteroatoms. The molecular formula is C15H11F3N2S. The Kier molecular flexibility index (Phi) is 4.80. The number of thioether (sulfide) groups is 1. The van der Waals surface area contributed by atoms with Crippen molar-refractivity contribution in [2.45, 2.75) is 11.1 Å². The predicted molar refractivity (Wildman–Crippen MR) is 79.1 cm³/mol. The summed E-state index contributed by atoms with van der Waals surface area (Å²) < 4.78 is 37.9. The molecule has 0 radical (unpaired) electrons. The maximum atomic E-state index is 12.6. The van der Waals surface area contributed by atoms with E-state index in [-0.39, 0.29) is 0 Å². The molecule has 2 nitrogen and oxygen atoms in total. The molecule has 0 bridgehead atoms. The second-order valence-corrected chi connectivity index (χ2v) is 4.99. The zero-order valence-corrected chi connectivity index (χ0v) is 11.7. The van der Waals surface area contributed by atoms with E-state index >= 15 is 0 Å². The molecule has 0 amide bonds. The van der Waals surface area contributed by atoms with Gasteiger partial charge in [0.1, 0.15) is 0 Å². The third-order valence-electron chi connectivity index (χ3n) is 2.60. The topological polar surface area (TPSA) is 25.2 Å². The molecule has 0 saturated carbocycles. The van der Waals surface area contributed by atoms with Gasteiger partial charge < -0.3 is 0 Å². The third kappa shape index (κ3) is 4.19. The summed E-state index contributed by atoms with van der Waals surface area (Å²) in [6.45, 7) is 3.47. The van der Waals surface area contributed by atoms with Crippen LogP contribution >= 0.6 is 11.8 Å². The molecule has 2 rings (SSSR count). The van der Waals surface area contributed by atoms with Crippen LogP contribution < -0.4 is 0 Å². The van der Waals surface area contributed by atoms with Gasteiger partial charge in [-0.25, -0.2) is 0 Å². The fourth-order valence-corrected chi connectivity index (χ4v) is 2.39. The molecule has 108 valence electrons. The first-order valence-electron chi connectivity index (χ1n) is 5.92. The normalized spacial score (nSPS) is 12.2. The van der Waals surface area contributed by atoms with Crippen LogP contribution in [0.15, 0.2) is 64.1 Å². The quantitative estimate of drug-likeness (QED) is 0.593. The van der Waals surface area contributed by atoms with Crippen LogP contribution in [0.25, 0.3) is 5.70 Å². The summed E-state index contributed by atoms with van der Waals surface area (Å²) in [7, 11) is 0. The molecular weight excluding hydrogens is 297 g/mol. The van der Waals surface area contributed by atoms with Gasteiger partial charge in [0.05, 0.1) is 11.3 Å². The van der Waals surface area contributed by atoms with Crippen molar-refractivity contribution in [1.82, 2.24) is 4.98 Å². The van der Waals surface area contributed by atoms with Crippen molar-refractivity contribution >= 4 is 24.2 Å². The lowest BCUT2D eigenvalue weighted by Crippen LogP contribution is -2.04. The van der Waals surface area contributed by atoms with Crippen LogP contribution in [0, 0.1) is 0 Å². The fraction of sp³-hybridized carbons (Fsp3) is 0.0667. The number of pyridine rings is 1. The van der Waals surface area contributed by atoms with Gasteiger partial charge in [-0.1, -0.05) is 17.8 Å². The first kappa shape index (κ1) is 15.3. The Morgan fingerprint density at radius 3 is 2.67 bits per heavy atom. The summed E-state index contributed by atoms with van der Waals surface area (Å²) in [6, 6.07) is 8.70. The van der Waals surface area contributed by atoms with Crippen LogP contribution in [0.1, 0.15) is 11.1 Å². The van der Waals surface area contributed by atoms with E-state index in [1.807, 2.05) is 0 Å². The molecule has 0 N–H and O–H groups in total. The molecule has 0 aliphatic carbocycles. The standard InChI is InChI=1S/C15H11F3N2S/c1-19-14(11-4-3-7-20-9-11)10-21-13-6-2-5-12(8-13)15(16,17)18/h2-10H,1H2/b14-10-. The van der Waals surface area contributed by atoms with E-state index in [0.717, 1.165) is 29.5 Å². The van der Waals surface area contributed by atoms with Gasteiger partial charge in [0.25, 0.3) is 0 Å². The lowest BCUT2D eigenvalue weighted by atomic mass is 10.2. The SMILES string of the molecule is C=N/C(=C\Sc1cccc(C(F)(F)F)c1)c1cccnc1. The molecule has 1 heterocycles. The molecule has 0 atom stereocenters. The number of alkyl halides is 3. The van der Waals surface area contributed by atoms with Gasteiger partial charge in [-0.3, -0.25) is 9.98 Å². The van der Waals surface area contributed by atoms with E-state index in [1.54, 1.807) is 36.0 Å². The Morgan fingerprint density at radius 1 is 1.24 bits per heavy atom. The molecule has 21 heavy (non-hydrogen) atoms. The molecule has 1 aromatic carbocycles. The van der Waals surface area contributed by atoms with Gasteiger partial charge in [0.2, 0.25) is 0 Å². The van der Waals surface area contributed by atoms with Crippen LogP contribution in [-0.2, 0) is 6.18 Å². The van der Waals surface area contributed by atoms with Crippen LogP contribution in [0.4, 0.5) is 13.2 Å². The van der Waals surface area contributed by atoms with E-state index < -0.39 is 11.7 Å². The summed E-state index contributed by atoms with van der Waals surface area (Å²) in [6.07, 6.45) is -1.10. The minimum atomic E-state index is -4.34. The highest BCUT2D eigenvalue weighted by molar-refractivity contribution is 8.02. The van der Waals surface area contributed by atoms with E-state index in [4.69, 9.17) is 0 Å². The van der Waals surface area contributed by atoms with Crippen LogP contribution in [-0.4, -0.2) is 11.7 Å². The van der Waals surface area contributed by atoms with Crippen molar-refractivity contribution in [3.63, 3.8) is 0 Å². The summed E-state index contributed by atoms with van der Waals surface area (Å²) >= 11 is 1.15. The number of nitrogens with zero attached hydrogens (tertiary/aromatic N) is 2. The maximum absolute atomic E-state index is 12.6. The highest BCUT2D eigenvalue weighted by Gasteiger charge is 2.30. The maximum Gasteiger partial charge on any atom is 0.416 e. The predicted octanol–water partition coefficient (Wildman–Crippen LogP) is 4.89. The molecule has 0 saturated heterocycles. The summed E-state index contributed by atoms with van der Waals surface area (Å²) in [5.74, 6) is 0. The highest BCUT2D eigenvalue weighted by Crippen LogP contribution is 2.33. The average Bonchev–Trinajstić information content (AvgIpc) is 2.48. The van der Waals surface area contributed by atoms with Crippen LogP contribution in [0.2, 0.25) is 0 Å². The lowest BCUT2D eigenvalue weighted by molar-refractivity contribution is -0.137. The van der Waals surface area contributed by atoms with Crippen LogP contribution in [0.5, 0.6) is 0 Å². The number of aliphatic imine (C=N–C) groups is 1. The molecule has 0 aliphatic rings. The fourth-order valence-electron chi connectivity index (χ4n) is 1.58. The summed E-state index contributed by atoms with van der Waals surface area (Å²) in [5, 5.41) is 1.65. The minimum absolute atomic E-state index is 0.481. The Hall–Kier alpha value is -2.08. The van der Waals surface area contributed by atoms with Gasteiger partial charge in [-0.2, -0.15) is 13.2 Å². The average molecular weight is 308 g/mol.